The number of sulfonamides is 1. The lowest BCUT2D eigenvalue weighted by Crippen LogP contribution is -2.31. The third-order valence-electron chi connectivity index (χ3n) is 4.54. The summed E-state index contributed by atoms with van der Waals surface area (Å²) >= 11 is 0. The molecular weight excluding hydrogens is 424 g/mol. The summed E-state index contributed by atoms with van der Waals surface area (Å²) in [5.74, 6) is 0. The van der Waals surface area contributed by atoms with E-state index in [1.807, 2.05) is 0 Å². The van der Waals surface area contributed by atoms with Crippen LogP contribution < -0.4 is 4.31 Å². The van der Waals surface area contributed by atoms with Gasteiger partial charge in [-0.15, -0.1) is 0 Å². The van der Waals surface area contributed by atoms with E-state index < -0.39 is 14.9 Å². The van der Waals surface area contributed by atoms with Crippen LogP contribution >= 0.6 is 0 Å². The van der Waals surface area contributed by atoms with Crippen LogP contribution in [0.15, 0.2) is 81.1 Å². The lowest BCUT2D eigenvalue weighted by Gasteiger charge is -2.20. The van der Waals surface area contributed by atoms with E-state index in [1.165, 1.54) is 43.0 Å². The fourth-order valence-corrected chi connectivity index (χ4v) is 4.67. The number of rotatable bonds is 7. The first-order chi connectivity index (χ1) is 14.9. The molecule has 0 atom stereocenters. The Labute approximate surface area is 176 Å². The first-order valence-corrected chi connectivity index (χ1v) is 10.6. The average molecular weight is 440 g/mol. The minimum absolute atomic E-state index is 0.0372. The second kappa shape index (κ2) is 8.03. The van der Waals surface area contributed by atoms with Crippen molar-refractivity contribution < 1.29 is 22.3 Å². The molecule has 2 heterocycles. The Morgan fingerprint density at radius 3 is 2.61 bits per heavy atom. The fourth-order valence-electron chi connectivity index (χ4n) is 3.08. The maximum absolute atomic E-state index is 13.5. The van der Waals surface area contributed by atoms with Crippen molar-refractivity contribution in [3.8, 4) is 22.4 Å². The predicted octanol–water partition coefficient (Wildman–Crippen LogP) is 4.12. The lowest BCUT2D eigenvalue weighted by atomic mass is 10.1. The van der Waals surface area contributed by atoms with Crippen molar-refractivity contribution in [3.05, 3.63) is 77.4 Å². The van der Waals surface area contributed by atoms with Crippen molar-refractivity contribution >= 4 is 21.7 Å². The van der Waals surface area contributed by atoms with Crippen molar-refractivity contribution in [2.45, 2.75) is 11.8 Å². The molecule has 0 aliphatic carbocycles. The summed E-state index contributed by atoms with van der Waals surface area (Å²) in [5, 5.41) is 14.7. The minimum Gasteiger partial charge on any atom is -0.431 e. The molecule has 0 saturated heterocycles. The van der Waals surface area contributed by atoms with Crippen LogP contribution in [0.25, 0.3) is 22.4 Å². The van der Waals surface area contributed by atoms with E-state index in [-0.39, 0.29) is 28.8 Å². The number of benzene rings is 2. The third kappa shape index (κ3) is 3.78. The third-order valence-corrected chi connectivity index (χ3v) is 6.45. The van der Waals surface area contributed by atoms with Crippen LogP contribution in [0.4, 0.5) is 11.7 Å². The van der Waals surface area contributed by atoms with Gasteiger partial charge < -0.3 is 8.94 Å². The van der Waals surface area contributed by atoms with Crippen molar-refractivity contribution in [1.82, 2.24) is 10.1 Å². The molecule has 0 bridgehead atoms. The van der Waals surface area contributed by atoms with E-state index in [0.29, 0.717) is 16.7 Å². The summed E-state index contributed by atoms with van der Waals surface area (Å²) in [4.78, 5) is 14.8. The van der Waals surface area contributed by atoms with Gasteiger partial charge in [0.25, 0.3) is 15.7 Å². The summed E-state index contributed by atoms with van der Waals surface area (Å²) in [6.45, 7) is 1.70. The molecular formula is C20H16N4O6S. The molecule has 2 aromatic carbocycles. The molecule has 0 aliphatic heterocycles. The molecule has 0 unspecified atom stereocenters. The first-order valence-electron chi connectivity index (χ1n) is 9.13. The van der Waals surface area contributed by atoms with Crippen molar-refractivity contribution in [2.24, 2.45) is 0 Å². The van der Waals surface area contributed by atoms with Gasteiger partial charge in [-0.1, -0.05) is 35.5 Å². The number of hydrogen-bond donors (Lipinski definition) is 0. The lowest BCUT2D eigenvalue weighted by molar-refractivity contribution is -0.384. The highest BCUT2D eigenvalue weighted by molar-refractivity contribution is 7.93. The highest BCUT2D eigenvalue weighted by Crippen LogP contribution is 2.32. The van der Waals surface area contributed by atoms with Crippen LogP contribution in [0.1, 0.15) is 6.92 Å². The second-order valence-electron chi connectivity index (χ2n) is 6.40. The van der Waals surface area contributed by atoms with Crippen molar-refractivity contribution in [2.75, 3.05) is 10.8 Å². The Morgan fingerprint density at radius 2 is 1.90 bits per heavy atom. The number of hydrogen-bond acceptors (Lipinski definition) is 8. The van der Waals surface area contributed by atoms with Crippen molar-refractivity contribution in [3.63, 3.8) is 0 Å². The van der Waals surface area contributed by atoms with Gasteiger partial charge in [0.1, 0.15) is 18.2 Å². The summed E-state index contributed by atoms with van der Waals surface area (Å²) in [6.07, 6.45) is 4.05. The zero-order chi connectivity index (χ0) is 22.0. The van der Waals surface area contributed by atoms with Crippen LogP contribution in [0.2, 0.25) is 0 Å². The SMILES string of the molecule is CCN(c1nc(-c2cccc([N+](=O)[O-])c2)co1)S(=O)(=O)c1ccccc1-c1cnoc1. The quantitative estimate of drug-likeness (QED) is 0.310. The van der Waals surface area contributed by atoms with Crippen LogP contribution in [-0.2, 0) is 10.0 Å². The Bertz CT molecular complexity index is 1330. The number of non-ortho nitro benzene ring substituents is 1. The number of nitrogens with zero attached hydrogens (tertiary/aromatic N) is 4. The molecule has 0 N–H and O–H groups in total. The van der Waals surface area contributed by atoms with E-state index >= 15 is 0 Å². The Balaban J connectivity index is 1.74. The predicted molar refractivity (Wildman–Crippen MR) is 111 cm³/mol. The first kappa shape index (κ1) is 20.3. The molecule has 10 nitrogen and oxygen atoms in total. The maximum Gasteiger partial charge on any atom is 0.312 e. The van der Waals surface area contributed by atoms with Gasteiger partial charge in [-0.05, 0) is 13.0 Å². The molecule has 0 spiro atoms. The molecule has 2 aromatic heterocycles. The van der Waals surface area contributed by atoms with Gasteiger partial charge in [0.05, 0.1) is 16.0 Å². The number of nitro benzene ring substituents is 1. The summed E-state index contributed by atoms with van der Waals surface area (Å²) in [6, 6.07) is 12.1. The topological polar surface area (TPSA) is 133 Å². The smallest absolute Gasteiger partial charge is 0.312 e. The highest BCUT2D eigenvalue weighted by Gasteiger charge is 2.30. The number of aromatic nitrogens is 2. The Kier molecular flexibility index (Phi) is 5.26. The standard InChI is InChI=1S/C20H16N4O6S/c1-2-23(20-22-18(13-29-20)14-6-5-7-16(10-14)24(25)26)31(27,28)19-9-4-3-8-17(19)15-11-21-30-12-15/h3-13H,2H2,1H3. The molecule has 158 valence electrons. The van der Waals surface area contributed by atoms with Crippen LogP contribution in [0.5, 0.6) is 0 Å². The zero-order valence-corrected chi connectivity index (χ0v) is 17.0. The molecule has 4 rings (SSSR count). The van der Waals surface area contributed by atoms with E-state index in [0.717, 1.165) is 4.31 Å². The van der Waals surface area contributed by atoms with Gasteiger partial charge in [-0.2, -0.15) is 4.98 Å². The zero-order valence-electron chi connectivity index (χ0n) is 16.2. The Hall–Kier alpha value is -3.99. The molecule has 0 amide bonds. The molecule has 0 saturated carbocycles. The van der Waals surface area contributed by atoms with Gasteiger partial charge in [-0.25, -0.2) is 12.7 Å². The molecule has 11 heteroatoms. The minimum atomic E-state index is -4.05. The highest BCUT2D eigenvalue weighted by atomic mass is 32.2. The number of anilines is 1. The fraction of sp³-hybridized carbons (Fsp3) is 0.100. The van der Waals surface area contributed by atoms with Crippen LogP contribution in [-0.4, -0.2) is 30.0 Å². The van der Waals surface area contributed by atoms with Gasteiger partial charge in [-0.3, -0.25) is 10.1 Å². The average Bonchev–Trinajstić information content (AvgIpc) is 3.47. The molecule has 31 heavy (non-hydrogen) atoms. The monoisotopic (exact) mass is 440 g/mol. The summed E-state index contributed by atoms with van der Waals surface area (Å²) in [5.41, 5.74) is 1.54. The second-order valence-corrected chi connectivity index (χ2v) is 8.23. The molecule has 4 aromatic rings. The largest absolute Gasteiger partial charge is 0.431 e. The van der Waals surface area contributed by atoms with Crippen LogP contribution in [0, 0.1) is 10.1 Å². The molecule has 0 radical (unpaired) electrons. The van der Waals surface area contributed by atoms with E-state index in [1.54, 1.807) is 31.2 Å². The number of oxazole rings is 1. The Morgan fingerprint density at radius 1 is 1.10 bits per heavy atom. The van der Waals surface area contributed by atoms with Gasteiger partial charge >= 0.3 is 6.01 Å². The van der Waals surface area contributed by atoms with Gasteiger partial charge in [0.2, 0.25) is 0 Å². The van der Waals surface area contributed by atoms with E-state index in [2.05, 4.69) is 10.1 Å². The van der Waals surface area contributed by atoms with E-state index in [9.17, 15) is 18.5 Å². The van der Waals surface area contributed by atoms with Crippen molar-refractivity contribution in [1.29, 1.82) is 0 Å². The van der Waals surface area contributed by atoms with Crippen LogP contribution in [0.3, 0.4) is 0 Å². The van der Waals surface area contributed by atoms with Gasteiger partial charge in [0, 0.05) is 35.4 Å². The molecule has 0 fully saturated rings. The molecule has 0 aliphatic rings. The maximum atomic E-state index is 13.5. The normalized spacial score (nSPS) is 11.4. The summed E-state index contributed by atoms with van der Waals surface area (Å²) in [7, 11) is -4.05. The number of nitro groups is 1. The summed E-state index contributed by atoms with van der Waals surface area (Å²) < 4.78 is 38.2. The van der Waals surface area contributed by atoms with E-state index in [4.69, 9.17) is 8.94 Å². The van der Waals surface area contributed by atoms with Gasteiger partial charge in [0.15, 0.2) is 0 Å².